The summed E-state index contributed by atoms with van der Waals surface area (Å²) in [5, 5.41) is 1.46. The molecule has 2 aliphatic carbocycles. The molecular formula is C64H71NO15S. The van der Waals surface area contributed by atoms with Crippen molar-refractivity contribution in [3.8, 4) is 45.3 Å². The lowest BCUT2D eigenvalue weighted by atomic mass is 9.82. The monoisotopic (exact) mass is 1130 g/mol. The lowest BCUT2D eigenvalue weighted by molar-refractivity contribution is -0.145. The van der Waals surface area contributed by atoms with Gasteiger partial charge in [0.05, 0.1) is 50.1 Å². The fourth-order valence-corrected chi connectivity index (χ4v) is 11.1. The summed E-state index contributed by atoms with van der Waals surface area (Å²) < 4.78 is 52.2. The first-order valence-electron chi connectivity index (χ1n) is 28.2. The van der Waals surface area contributed by atoms with E-state index in [4.69, 9.17) is 47.3 Å². The van der Waals surface area contributed by atoms with E-state index in [2.05, 4.69) is 19.2 Å². The number of hydrogen-bond acceptors (Lipinski definition) is 17. The number of furan rings is 1. The Morgan fingerprint density at radius 2 is 0.926 bits per heavy atom. The van der Waals surface area contributed by atoms with Crippen molar-refractivity contribution in [1.29, 1.82) is 0 Å². The molecular weight excluding hydrogens is 1050 g/mol. The van der Waals surface area contributed by atoms with E-state index in [0.717, 1.165) is 80.4 Å². The van der Waals surface area contributed by atoms with Crippen LogP contribution in [0.5, 0.6) is 34.5 Å². The van der Waals surface area contributed by atoms with Gasteiger partial charge in [-0.3, -0.25) is 19.2 Å². The van der Waals surface area contributed by atoms with E-state index in [1.807, 2.05) is 26.0 Å². The number of aryl methyl sites for hydroxylation is 2. The summed E-state index contributed by atoms with van der Waals surface area (Å²) in [6, 6.07) is 23.1. The largest absolute Gasteiger partial charge is 0.494 e. The molecule has 0 bridgehead atoms. The molecule has 2 aliphatic rings. The van der Waals surface area contributed by atoms with Gasteiger partial charge in [0.2, 0.25) is 0 Å². The molecule has 2 heterocycles. The number of aromatic nitrogens is 1. The number of thiazole rings is 1. The molecule has 0 radical (unpaired) electrons. The van der Waals surface area contributed by atoms with Gasteiger partial charge in [-0.25, -0.2) is 14.6 Å². The minimum Gasteiger partial charge on any atom is -0.494 e. The number of rotatable bonds is 28. The Balaban J connectivity index is 0.813. The maximum atomic E-state index is 13.9. The van der Waals surface area contributed by atoms with E-state index < -0.39 is 29.7 Å². The number of benzene rings is 4. The molecule has 0 aliphatic heterocycles. The van der Waals surface area contributed by atoms with Crippen molar-refractivity contribution in [2.75, 3.05) is 26.4 Å². The summed E-state index contributed by atoms with van der Waals surface area (Å²) in [6.07, 6.45) is 14.1. The minimum absolute atomic E-state index is 0.213. The first-order valence-corrected chi connectivity index (χ1v) is 29.0. The van der Waals surface area contributed by atoms with Gasteiger partial charge in [-0.05, 0) is 181 Å². The molecule has 0 unspecified atom stereocenters. The SMILES string of the molecule is C=CC(=O)OCCCCCCCCOc1ccc(OC(=O)[C@H]2CC[C@H](C(=O)Oc3ccc(OC(=O)[C@H]4CC[C@H](C(=O)Oc5ccc(OCCCCCOC(=O)C=C)cc5)CC4)c4sc(-c5cc6c(C)cc(C)cc6o5)nc34)CC2)cc1. The second-order valence-corrected chi connectivity index (χ2v) is 21.7. The molecule has 0 saturated heterocycles. The van der Waals surface area contributed by atoms with Crippen molar-refractivity contribution in [1.82, 2.24) is 4.98 Å². The van der Waals surface area contributed by atoms with Crippen molar-refractivity contribution in [3.05, 3.63) is 115 Å². The molecule has 8 rings (SSSR count). The van der Waals surface area contributed by atoms with E-state index in [1.165, 1.54) is 17.4 Å². The zero-order valence-corrected chi connectivity index (χ0v) is 47.0. The van der Waals surface area contributed by atoms with Gasteiger partial charge >= 0.3 is 35.8 Å². The van der Waals surface area contributed by atoms with E-state index in [9.17, 15) is 28.8 Å². The van der Waals surface area contributed by atoms with Gasteiger partial charge in [0.1, 0.15) is 38.8 Å². The van der Waals surface area contributed by atoms with Crippen LogP contribution in [0.2, 0.25) is 0 Å². The molecule has 17 heteroatoms. The Hall–Kier alpha value is -7.79. The smallest absolute Gasteiger partial charge is 0.330 e. The minimum atomic E-state index is -0.463. The van der Waals surface area contributed by atoms with Gasteiger partial charge in [-0.1, -0.05) is 44.9 Å². The third-order valence-corrected chi connectivity index (χ3v) is 15.7. The number of ether oxygens (including phenoxy) is 8. The average molecular weight is 1130 g/mol. The molecule has 0 N–H and O–H groups in total. The fourth-order valence-electron chi connectivity index (χ4n) is 10.1. The molecule has 6 aromatic rings. The first kappa shape index (κ1) is 59.3. The van der Waals surface area contributed by atoms with Gasteiger partial charge in [-0.2, -0.15) is 0 Å². The quantitative estimate of drug-likeness (QED) is 0.0194. The molecule has 2 saturated carbocycles. The fraction of sp³-hybridized carbons (Fsp3) is 0.422. The van der Waals surface area contributed by atoms with E-state index >= 15 is 0 Å². The van der Waals surface area contributed by atoms with Crippen LogP contribution in [-0.2, 0) is 38.2 Å². The molecule has 16 nitrogen and oxygen atoms in total. The number of unbranched alkanes of at least 4 members (excludes halogenated alkanes) is 7. The Kier molecular flexibility index (Phi) is 21.7. The summed E-state index contributed by atoms with van der Waals surface area (Å²) in [7, 11) is 0. The van der Waals surface area contributed by atoms with Crippen LogP contribution in [-0.4, -0.2) is 67.2 Å². The third kappa shape index (κ3) is 17.1. The number of fused-ring (bicyclic) bond motifs is 2. The molecule has 428 valence electrons. The second kappa shape index (κ2) is 29.6. The van der Waals surface area contributed by atoms with Gasteiger partial charge < -0.3 is 42.3 Å². The van der Waals surface area contributed by atoms with Crippen LogP contribution in [0.15, 0.2) is 109 Å². The second-order valence-electron chi connectivity index (χ2n) is 20.7. The molecule has 0 spiro atoms. The van der Waals surface area contributed by atoms with Crippen molar-refractivity contribution >= 4 is 68.3 Å². The third-order valence-electron chi connectivity index (χ3n) is 14.6. The Morgan fingerprint density at radius 1 is 0.519 bits per heavy atom. The number of hydrogen-bond donors (Lipinski definition) is 0. The predicted molar refractivity (Wildman–Crippen MR) is 305 cm³/mol. The van der Waals surface area contributed by atoms with Crippen LogP contribution in [0.25, 0.3) is 32.0 Å². The highest BCUT2D eigenvalue weighted by Crippen LogP contribution is 2.44. The predicted octanol–water partition coefficient (Wildman–Crippen LogP) is 13.7. The topological polar surface area (TPSA) is 202 Å². The molecule has 2 fully saturated rings. The summed E-state index contributed by atoms with van der Waals surface area (Å²) in [4.78, 5) is 81.5. The van der Waals surface area contributed by atoms with E-state index in [0.29, 0.717) is 127 Å². The number of esters is 6. The van der Waals surface area contributed by atoms with Gasteiger partial charge in [0.25, 0.3) is 0 Å². The zero-order valence-electron chi connectivity index (χ0n) is 46.2. The summed E-state index contributed by atoms with van der Waals surface area (Å²) in [5.41, 5.74) is 3.17. The maximum absolute atomic E-state index is 13.9. The summed E-state index contributed by atoms with van der Waals surface area (Å²) in [6.45, 7) is 12.6. The van der Waals surface area contributed by atoms with Crippen LogP contribution in [0.4, 0.5) is 0 Å². The van der Waals surface area contributed by atoms with Crippen molar-refractivity contribution in [3.63, 3.8) is 0 Å². The highest BCUT2D eigenvalue weighted by atomic mass is 32.1. The van der Waals surface area contributed by atoms with Crippen LogP contribution in [0.1, 0.15) is 120 Å². The van der Waals surface area contributed by atoms with Crippen LogP contribution in [0, 0.1) is 37.5 Å². The van der Waals surface area contributed by atoms with E-state index in [-0.39, 0.29) is 41.2 Å². The Bertz CT molecular complexity index is 3140. The Labute approximate surface area is 476 Å². The van der Waals surface area contributed by atoms with Gasteiger partial charge in [0.15, 0.2) is 22.3 Å². The van der Waals surface area contributed by atoms with Crippen molar-refractivity contribution in [2.24, 2.45) is 23.7 Å². The number of carbonyl (C=O) groups is 6. The molecule has 0 atom stereocenters. The normalized spacial score (nSPS) is 16.9. The highest BCUT2D eigenvalue weighted by molar-refractivity contribution is 7.22. The lowest BCUT2D eigenvalue weighted by Crippen LogP contribution is -2.30. The lowest BCUT2D eigenvalue weighted by Gasteiger charge is -2.26. The van der Waals surface area contributed by atoms with Crippen LogP contribution < -0.4 is 28.4 Å². The van der Waals surface area contributed by atoms with Crippen molar-refractivity contribution < 1.29 is 71.1 Å². The molecule has 2 aromatic heterocycles. The van der Waals surface area contributed by atoms with Gasteiger partial charge in [0, 0.05) is 17.5 Å². The van der Waals surface area contributed by atoms with Gasteiger partial charge in [-0.15, -0.1) is 11.3 Å². The van der Waals surface area contributed by atoms with E-state index in [1.54, 1.807) is 60.7 Å². The molecule has 0 amide bonds. The summed E-state index contributed by atoms with van der Waals surface area (Å²) in [5.74, 6) is -0.925. The molecule has 4 aromatic carbocycles. The van der Waals surface area contributed by atoms with Crippen LogP contribution in [0.3, 0.4) is 0 Å². The first-order chi connectivity index (χ1) is 39.3. The van der Waals surface area contributed by atoms with Crippen molar-refractivity contribution in [2.45, 2.75) is 123 Å². The maximum Gasteiger partial charge on any atom is 0.330 e. The Morgan fingerprint density at radius 3 is 1.41 bits per heavy atom. The molecule has 81 heavy (non-hydrogen) atoms. The number of nitrogens with zero attached hydrogens (tertiary/aromatic N) is 1. The van der Waals surface area contributed by atoms with Crippen LogP contribution >= 0.6 is 11.3 Å². The standard InChI is InChI=1S/C64H71NO15S/c1-5-56(66)74-36-13-10-8-7-9-12-34-72-47-24-28-49(29-25-47)76-61(68)43-16-20-45(21-17-43)63(70)79-52-32-33-53(59-58(52)65-60(81-59)55-40-51-42(4)38-41(3)39-54(51)78-55)80-64(71)46-22-18-44(19-23-46)62(69)77-50-30-26-48(27-31-50)73-35-14-11-15-37-75-57(67)6-2/h5-6,24-33,38-40,43-46H,1-2,7-23,34-37H2,3-4H3/t43-,44-,45-,46-. The zero-order chi connectivity index (χ0) is 57.1. The summed E-state index contributed by atoms with van der Waals surface area (Å²) >= 11 is 1.27. The highest BCUT2D eigenvalue weighted by Gasteiger charge is 2.35. The average Bonchev–Trinajstić information content (AvgIpc) is 4.22. The number of carbonyl (C=O) groups excluding carboxylic acids is 6.